The van der Waals surface area contributed by atoms with Gasteiger partial charge in [-0.2, -0.15) is 0 Å². The Morgan fingerprint density at radius 2 is 1.17 bits per heavy atom. The molecule has 1 heterocycles. The first-order chi connectivity index (χ1) is 16.9. The Bertz CT molecular complexity index is 1050. The van der Waals surface area contributed by atoms with Crippen molar-refractivity contribution >= 4 is 58.0 Å². The van der Waals surface area contributed by atoms with Gasteiger partial charge in [0.25, 0.3) is 0 Å². The molecule has 2 unspecified atom stereocenters. The molecular weight excluding hydrogens is 497 g/mol. The molecule has 35 heavy (non-hydrogen) atoms. The molecular formula is C26H32N4O2S3. The third-order valence-corrected chi connectivity index (χ3v) is 8.99. The number of nitrogens with zero attached hydrogens (tertiary/aromatic N) is 2. The van der Waals surface area contributed by atoms with E-state index in [-0.39, 0.29) is 23.3 Å². The van der Waals surface area contributed by atoms with E-state index in [4.69, 9.17) is 0 Å². The van der Waals surface area contributed by atoms with Gasteiger partial charge in [0.1, 0.15) is 0 Å². The maximum Gasteiger partial charge on any atom is 0.234 e. The number of nitrogens with one attached hydrogen (secondary N) is 2. The topological polar surface area (TPSA) is 84.0 Å². The molecule has 0 aliphatic rings. The molecule has 3 rings (SSSR count). The molecule has 0 aliphatic carbocycles. The predicted octanol–water partition coefficient (Wildman–Crippen LogP) is 7.03. The molecule has 9 heteroatoms. The number of carbonyl (C=O) groups is 2. The Labute approximate surface area is 220 Å². The second-order valence-corrected chi connectivity index (χ2v) is 11.7. The molecule has 2 N–H and O–H groups in total. The molecule has 0 saturated heterocycles. The maximum absolute atomic E-state index is 12.5. The third kappa shape index (κ3) is 8.08. The minimum Gasteiger partial charge on any atom is -0.325 e. The summed E-state index contributed by atoms with van der Waals surface area (Å²) in [6.07, 6.45) is 2.02. The van der Waals surface area contributed by atoms with E-state index < -0.39 is 0 Å². The van der Waals surface area contributed by atoms with Crippen molar-refractivity contribution in [3.05, 3.63) is 59.7 Å². The van der Waals surface area contributed by atoms with Crippen LogP contribution in [-0.2, 0) is 9.59 Å². The van der Waals surface area contributed by atoms with Gasteiger partial charge in [-0.25, -0.2) is 0 Å². The first-order valence-corrected chi connectivity index (χ1v) is 14.6. The maximum atomic E-state index is 12.5. The summed E-state index contributed by atoms with van der Waals surface area (Å²) in [5, 5.41) is 14.4. The van der Waals surface area contributed by atoms with Gasteiger partial charge in [0.05, 0.1) is 11.5 Å². The van der Waals surface area contributed by atoms with Crippen molar-refractivity contribution in [3.63, 3.8) is 0 Å². The lowest BCUT2D eigenvalue weighted by atomic mass is 9.97. The SMILES string of the molecule is CCC(C)c1ccccc1NC(=O)CSc1nnc(SCC(=O)Nc2ccccc2C(C)CC)s1. The summed E-state index contributed by atoms with van der Waals surface area (Å²) in [5.41, 5.74) is 4.02. The van der Waals surface area contributed by atoms with E-state index in [9.17, 15) is 9.59 Å². The molecule has 186 valence electrons. The van der Waals surface area contributed by atoms with Gasteiger partial charge >= 0.3 is 0 Å². The van der Waals surface area contributed by atoms with Gasteiger partial charge in [-0.05, 0) is 47.9 Å². The molecule has 0 radical (unpaired) electrons. The van der Waals surface area contributed by atoms with Crippen molar-refractivity contribution in [2.24, 2.45) is 0 Å². The zero-order valence-electron chi connectivity index (χ0n) is 20.5. The van der Waals surface area contributed by atoms with Crippen LogP contribution < -0.4 is 10.6 Å². The number of rotatable bonds is 12. The van der Waals surface area contributed by atoms with Crippen LogP contribution in [0.4, 0.5) is 11.4 Å². The number of amides is 2. The Morgan fingerprint density at radius 1 is 0.771 bits per heavy atom. The number of anilines is 2. The fourth-order valence-corrected chi connectivity index (χ4v) is 6.08. The quantitative estimate of drug-likeness (QED) is 0.246. The number of benzene rings is 2. The van der Waals surface area contributed by atoms with E-state index in [1.807, 2.05) is 36.4 Å². The van der Waals surface area contributed by atoms with Gasteiger partial charge in [0.15, 0.2) is 8.68 Å². The molecule has 0 spiro atoms. The zero-order chi connectivity index (χ0) is 25.2. The lowest BCUT2D eigenvalue weighted by Gasteiger charge is -2.15. The highest BCUT2D eigenvalue weighted by Gasteiger charge is 2.15. The molecule has 2 atom stereocenters. The molecule has 2 aromatic carbocycles. The fourth-order valence-electron chi connectivity index (χ4n) is 3.46. The van der Waals surface area contributed by atoms with Crippen LogP contribution >= 0.6 is 34.9 Å². The van der Waals surface area contributed by atoms with Crippen molar-refractivity contribution < 1.29 is 9.59 Å². The van der Waals surface area contributed by atoms with E-state index in [0.29, 0.717) is 20.5 Å². The van der Waals surface area contributed by atoms with Crippen molar-refractivity contribution in [2.75, 3.05) is 22.1 Å². The average Bonchev–Trinajstić information content (AvgIpc) is 3.34. The molecule has 1 aromatic heterocycles. The Kier molecular flexibility index (Phi) is 10.6. The van der Waals surface area contributed by atoms with Crippen LogP contribution in [0.15, 0.2) is 57.2 Å². The average molecular weight is 529 g/mol. The Hall–Kier alpha value is -2.36. The van der Waals surface area contributed by atoms with Crippen LogP contribution in [0.5, 0.6) is 0 Å². The number of hydrogen-bond donors (Lipinski definition) is 2. The Balaban J connectivity index is 1.47. The lowest BCUT2D eigenvalue weighted by Crippen LogP contribution is -2.15. The molecule has 3 aromatic rings. The number of thioether (sulfide) groups is 2. The smallest absolute Gasteiger partial charge is 0.234 e. The number of aromatic nitrogens is 2. The molecule has 2 amide bonds. The molecule has 0 saturated carbocycles. The van der Waals surface area contributed by atoms with Crippen LogP contribution in [-0.4, -0.2) is 33.5 Å². The van der Waals surface area contributed by atoms with Gasteiger partial charge in [0.2, 0.25) is 11.8 Å². The summed E-state index contributed by atoms with van der Waals surface area (Å²) in [7, 11) is 0. The van der Waals surface area contributed by atoms with E-state index in [1.54, 1.807) is 0 Å². The number of para-hydroxylation sites is 2. The van der Waals surface area contributed by atoms with E-state index in [2.05, 4.69) is 60.7 Å². The number of hydrogen-bond acceptors (Lipinski definition) is 7. The second kappa shape index (κ2) is 13.7. The minimum absolute atomic E-state index is 0.0745. The van der Waals surface area contributed by atoms with Gasteiger partial charge in [0, 0.05) is 11.4 Å². The van der Waals surface area contributed by atoms with Crippen LogP contribution in [0.1, 0.15) is 63.5 Å². The first kappa shape index (κ1) is 27.2. The van der Waals surface area contributed by atoms with Gasteiger partial charge in [-0.3, -0.25) is 9.59 Å². The summed E-state index contributed by atoms with van der Waals surface area (Å²) in [6, 6.07) is 15.9. The predicted molar refractivity (Wildman–Crippen MR) is 149 cm³/mol. The van der Waals surface area contributed by atoms with E-state index >= 15 is 0 Å². The highest BCUT2D eigenvalue weighted by Crippen LogP contribution is 2.31. The summed E-state index contributed by atoms with van der Waals surface area (Å²) in [6.45, 7) is 8.59. The van der Waals surface area contributed by atoms with Crippen LogP contribution in [0.25, 0.3) is 0 Å². The van der Waals surface area contributed by atoms with Gasteiger partial charge < -0.3 is 10.6 Å². The van der Waals surface area contributed by atoms with Gasteiger partial charge in [-0.15, -0.1) is 10.2 Å². The normalized spacial score (nSPS) is 12.7. The van der Waals surface area contributed by atoms with E-state index in [1.165, 1.54) is 34.9 Å². The van der Waals surface area contributed by atoms with Crippen molar-refractivity contribution in [1.29, 1.82) is 0 Å². The summed E-state index contributed by atoms with van der Waals surface area (Å²) in [5.74, 6) is 1.11. The van der Waals surface area contributed by atoms with Gasteiger partial charge in [-0.1, -0.05) is 99.0 Å². The highest BCUT2D eigenvalue weighted by atomic mass is 32.2. The Morgan fingerprint density at radius 3 is 1.57 bits per heavy atom. The van der Waals surface area contributed by atoms with Crippen molar-refractivity contribution in [2.45, 2.75) is 61.1 Å². The first-order valence-electron chi connectivity index (χ1n) is 11.8. The molecule has 0 aliphatic heterocycles. The van der Waals surface area contributed by atoms with Crippen molar-refractivity contribution in [3.8, 4) is 0 Å². The van der Waals surface area contributed by atoms with Crippen LogP contribution in [0.3, 0.4) is 0 Å². The van der Waals surface area contributed by atoms with Crippen LogP contribution in [0, 0.1) is 0 Å². The second-order valence-electron chi connectivity index (χ2n) is 8.30. The molecule has 6 nitrogen and oxygen atoms in total. The molecule has 0 fully saturated rings. The van der Waals surface area contributed by atoms with Crippen LogP contribution in [0.2, 0.25) is 0 Å². The third-order valence-electron chi connectivity index (χ3n) is 5.80. The standard InChI is InChI=1S/C26H32N4O2S3/c1-5-17(3)19-11-7-9-13-21(19)27-23(31)15-33-25-29-30-26(35-25)34-16-24(32)28-22-14-10-8-12-20(22)18(4)6-2/h7-14,17-18H,5-6,15-16H2,1-4H3,(H,27,31)(H,28,32). The minimum atomic E-state index is -0.0745. The largest absolute Gasteiger partial charge is 0.325 e. The summed E-state index contributed by atoms with van der Waals surface area (Å²) in [4.78, 5) is 25.0. The van der Waals surface area contributed by atoms with E-state index in [0.717, 1.165) is 35.3 Å². The van der Waals surface area contributed by atoms with Crippen molar-refractivity contribution in [1.82, 2.24) is 10.2 Å². The number of carbonyl (C=O) groups excluding carboxylic acids is 2. The fraction of sp³-hybridized carbons (Fsp3) is 0.385. The summed E-state index contributed by atoms with van der Waals surface area (Å²) >= 11 is 4.10. The highest BCUT2D eigenvalue weighted by molar-refractivity contribution is 8.03. The summed E-state index contributed by atoms with van der Waals surface area (Å²) < 4.78 is 1.42. The monoisotopic (exact) mass is 528 g/mol. The lowest BCUT2D eigenvalue weighted by molar-refractivity contribution is -0.114. The molecule has 0 bridgehead atoms. The zero-order valence-corrected chi connectivity index (χ0v) is 23.0.